The normalized spacial score (nSPS) is 29.0. The Balaban J connectivity index is 1.48. The second kappa shape index (κ2) is 9.16. The molecule has 1 saturated heterocycles. The lowest BCUT2D eigenvalue weighted by Crippen LogP contribution is -2.31. The van der Waals surface area contributed by atoms with Crippen LogP contribution in [-0.2, 0) is 19.0 Å². The summed E-state index contributed by atoms with van der Waals surface area (Å²) in [6.07, 6.45) is 6.69. The van der Waals surface area contributed by atoms with Crippen LogP contribution in [0.15, 0.2) is 42.5 Å². The highest BCUT2D eigenvalue weighted by atomic mass is 16.7. The van der Waals surface area contributed by atoms with Crippen molar-refractivity contribution in [3.8, 4) is 11.8 Å². The second-order valence-electron chi connectivity index (χ2n) is 8.31. The minimum atomic E-state index is -0.490. The fourth-order valence-corrected chi connectivity index (χ4v) is 5.12. The number of esters is 1. The summed E-state index contributed by atoms with van der Waals surface area (Å²) in [5, 5.41) is 0. The van der Waals surface area contributed by atoms with E-state index >= 15 is 0 Å². The van der Waals surface area contributed by atoms with Gasteiger partial charge in [0.1, 0.15) is 6.10 Å². The molecule has 0 amide bonds. The summed E-state index contributed by atoms with van der Waals surface area (Å²) >= 11 is 0. The molecule has 30 heavy (non-hydrogen) atoms. The first-order valence-electron chi connectivity index (χ1n) is 10.7. The van der Waals surface area contributed by atoms with Crippen molar-refractivity contribution < 1.29 is 23.8 Å². The van der Waals surface area contributed by atoms with Crippen molar-refractivity contribution >= 4 is 11.8 Å². The highest BCUT2D eigenvalue weighted by Crippen LogP contribution is 2.55. The third-order valence-corrected chi connectivity index (χ3v) is 6.44. The summed E-state index contributed by atoms with van der Waals surface area (Å²) in [4.78, 5) is 24.9. The molecule has 1 aliphatic heterocycles. The van der Waals surface area contributed by atoms with Crippen LogP contribution in [0.5, 0.6) is 0 Å². The van der Waals surface area contributed by atoms with Crippen molar-refractivity contribution in [2.75, 3.05) is 13.2 Å². The first-order chi connectivity index (χ1) is 14.6. The number of ether oxygens (including phenoxy) is 3. The van der Waals surface area contributed by atoms with Gasteiger partial charge >= 0.3 is 5.97 Å². The van der Waals surface area contributed by atoms with Crippen molar-refractivity contribution in [2.45, 2.75) is 50.9 Å². The Morgan fingerprint density at radius 1 is 1.20 bits per heavy atom. The van der Waals surface area contributed by atoms with Crippen LogP contribution in [0.3, 0.4) is 0 Å². The number of allylic oxidation sites excluding steroid dienone is 1. The SMILES string of the molecule is CC#CCCC(=O)/C=C/[C@@H]1[C@H]2CC3(C[C@H]2C[C@H]1OC(=O)c1ccccc1)OCCO3. The quantitative estimate of drug-likeness (QED) is 0.405. The number of hydrogen-bond acceptors (Lipinski definition) is 5. The van der Waals surface area contributed by atoms with E-state index in [1.165, 1.54) is 0 Å². The first-order valence-corrected chi connectivity index (χ1v) is 10.7. The number of benzene rings is 1. The Morgan fingerprint density at radius 2 is 1.97 bits per heavy atom. The number of carbonyl (C=O) groups is 2. The van der Waals surface area contributed by atoms with E-state index in [1.54, 1.807) is 25.1 Å². The number of carbonyl (C=O) groups excluding carboxylic acids is 2. The van der Waals surface area contributed by atoms with Gasteiger partial charge in [-0.2, -0.15) is 0 Å². The maximum absolute atomic E-state index is 12.7. The Hall–Kier alpha value is -2.42. The summed E-state index contributed by atoms with van der Waals surface area (Å²) < 4.78 is 17.8. The van der Waals surface area contributed by atoms with Gasteiger partial charge in [-0.25, -0.2) is 4.79 Å². The maximum Gasteiger partial charge on any atom is 0.338 e. The van der Waals surface area contributed by atoms with Gasteiger partial charge in [0.25, 0.3) is 0 Å². The van der Waals surface area contributed by atoms with Gasteiger partial charge in [-0.05, 0) is 43.4 Å². The molecule has 5 heteroatoms. The molecule has 5 nitrogen and oxygen atoms in total. The maximum atomic E-state index is 12.7. The molecule has 3 fully saturated rings. The van der Waals surface area contributed by atoms with E-state index in [-0.39, 0.29) is 29.7 Å². The van der Waals surface area contributed by atoms with Gasteiger partial charge in [-0.1, -0.05) is 24.3 Å². The Bertz CT molecular complexity index is 857. The molecule has 0 aromatic heterocycles. The summed E-state index contributed by atoms with van der Waals surface area (Å²) in [5.41, 5.74) is 0.547. The molecule has 158 valence electrons. The van der Waals surface area contributed by atoms with Gasteiger partial charge < -0.3 is 14.2 Å². The molecule has 2 saturated carbocycles. The molecule has 0 N–H and O–H groups in total. The van der Waals surface area contributed by atoms with Crippen molar-refractivity contribution in [3.63, 3.8) is 0 Å². The standard InChI is InChI=1S/C25H28O5/c1-2-3-5-10-20(26)11-12-21-22-17-25(28-13-14-29-25)16-19(22)15-23(21)30-24(27)18-8-6-4-7-9-18/h4,6-9,11-12,19,21-23H,5,10,13-17H2,1H3/b12-11+/t19-,21-,22+,23-/m1/s1. The van der Waals surface area contributed by atoms with E-state index in [4.69, 9.17) is 14.2 Å². The van der Waals surface area contributed by atoms with Crippen molar-refractivity contribution in [1.82, 2.24) is 0 Å². The highest BCUT2D eigenvalue weighted by molar-refractivity contribution is 5.90. The minimum absolute atomic E-state index is 0.0175. The molecule has 0 bridgehead atoms. The van der Waals surface area contributed by atoms with Gasteiger partial charge in [0.15, 0.2) is 11.6 Å². The third-order valence-electron chi connectivity index (χ3n) is 6.44. The van der Waals surface area contributed by atoms with Gasteiger partial charge in [0, 0.05) is 31.6 Å². The van der Waals surface area contributed by atoms with Gasteiger partial charge in [-0.3, -0.25) is 4.79 Å². The fraction of sp³-hybridized carbons (Fsp3) is 0.520. The number of rotatable bonds is 6. The molecule has 1 aromatic rings. The first kappa shape index (κ1) is 20.8. The van der Waals surface area contributed by atoms with E-state index in [2.05, 4.69) is 11.8 Å². The largest absolute Gasteiger partial charge is 0.458 e. The van der Waals surface area contributed by atoms with Crippen LogP contribution in [0.25, 0.3) is 0 Å². The van der Waals surface area contributed by atoms with Crippen LogP contribution < -0.4 is 0 Å². The lowest BCUT2D eigenvalue weighted by atomic mass is 9.90. The topological polar surface area (TPSA) is 61.8 Å². The molecule has 1 heterocycles. The molecule has 2 aliphatic carbocycles. The average molecular weight is 408 g/mol. The molecule has 3 aliphatic rings. The molecule has 0 radical (unpaired) electrons. The lowest BCUT2D eigenvalue weighted by molar-refractivity contribution is -0.157. The Labute approximate surface area is 177 Å². The summed E-state index contributed by atoms with van der Waals surface area (Å²) in [7, 11) is 0. The van der Waals surface area contributed by atoms with Crippen LogP contribution in [-0.4, -0.2) is 36.9 Å². The predicted molar refractivity (Wildman–Crippen MR) is 111 cm³/mol. The van der Waals surface area contributed by atoms with Crippen molar-refractivity contribution in [2.24, 2.45) is 17.8 Å². The van der Waals surface area contributed by atoms with Gasteiger partial charge in [0.2, 0.25) is 0 Å². The van der Waals surface area contributed by atoms with E-state index in [0.717, 1.165) is 19.3 Å². The molecule has 4 atom stereocenters. The predicted octanol–water partition coefficient (Wildman–Crippen LogP) is 3.93. The van der Waals surface area contributed by atoms with Gasteiger partial charge in [-0.15, -0.1) is 11.8 Å². The van der Waals surface area contributed by atoms with Crippen LogP contribution in [0.1, 0.15) is 49.4 Å². The zero-order chi connectivity index (χ0) is 21.0. The van der Waals surface area contributed by atoms with E-state index < -0.39 is 5.79 Å². The zero-order valence-electron chi connectivity index (χ0n) is 17.3. The Kier molecular flexibility index (Phi) is 6.36. The van der Waals surface area contributed by atoms with Crippen LogP contribution in [0.4, 0.5) is 0 Å². The molecule has 4 rings (SSSR count). The molecular formula is C25H28O5. The van der Waals surface area contributed by atoms with Gasteiger partial charge in [0.05, 0.1) is 18.8 Å². The summed E-state index contributed by atoms with van der Waals surface area (Å²) in [5.74, 6) is 5.59. The van der Waals surface area contributed by atoms with Crippen LogP contribution >= 0.6 is 0 Å². The van der Waals surface area contributed by atoms with Crippen molar-refractivity contribution in [1.29, 1.82) is 0 Å². The van der Waals surface area contributed by atoms with Crippen LogP contribution in [0, 0.1) is 29.6 Å². The van der Waals surface area contributed by atoms with E-state index in [9.17, 15) is 9.59 Å². The van der Waals surface area contributed by atoms with E-state index in [0.29, 0.717) is 37.5 Å². The smallest absolute Gasteiger partial charge is 0.338 e. The molecule has 0 unspecified atom stereocenters. The zero-order valence-corrected chi connectivity index (χ0v) is 17.3. The van der Waals surface area contributed by atoms with Crippen molar-refractivity contribution in [3.05, 3.63) is 48.0 Å². The third kappa shape index (κ3) is 4.50. The molecular weight excluding hydrogens is 380 g/mol. The molecule has 1 spiro atoms. The highest BCUT2D eigenvalue weighted by Gasteiger charge is 2.57. The summed E-state index contributed by atoms with van der Waals surface area (Å²) in [6, 6.07) is 9.05. The monoisotopic (exact) mass is 408 g/mol. The fourth-order valence-electron chi connectivity index (χ4n) is 5.12. The molecule has 1 aromatic carbocycles. The summed E-state index contributed by atoms with van der Waals surface area (Å²) in [6.45, 7) is 3.03. The van der Waals surface area contributed by atoms with Crippen LogP contribution in [0.2, 0.25) is 0 Å². The Morgan fingerprint density at radius 3 is 2.70 bits per heavy atom. The minimum Gasteiger partial charge on any atom is -0.458 e. The second-order valence-corrected chi connectivity index (χ2v) is 8.31. The number of fused-ring (bicyclic) bond motifs is 1. The van der Waals surface area contributed by atoms with E-state index in [1.807, 2.05) is 24.3 Å². The number of hydrogen-bond donors (Lipinski definition) is 0. The lowest BCUT2D eigenvalue weighted by Gasteiger charge is -2.26. The average Bonchev–Trinajstić information content (AvgIpc) is 3.43. The number of ketones is 1.